The van der Waals surface area contributed by atoms with Crippen LogP contribution in [0.2, 0.25) is 0 Å². The number of carbonyl (C=O) groups excluding carboxylic acids is 1. The second-order valence-corrected chi connectivity index (χ2v) is 7.67. The molecule has 0 saturated heterocycles. The van der Waals surface area contributed by atoms with E-state index in [1.54, 1.807) is 0 Å². The Morgan fingerprint density at radius 2 is 1.77 bits per heavy atom. The summed E-state index contributed by atoms with van der Waals surface area (Å²) in [6.45, 7) is 1.34. The van der Waals surface area contributed by atoms with E-state index in [1.807, 2.05) is 54.6 Å². The maximum Gasteiger partial charge on any atom is 0.256 e. The molecule has 0 radical (unpaired) electrons. The number of rotatable bonds is 10. The number of aromatic amines is 1. The lowest BCUT2D eigenvalue weighted by Gasteiger charge is -2.11. The number of H-pyrrole nitrogens is 1. The van der Waals surface area contributed by atoms with Crippen molar-refractivity contribution in [2.75, 3.05) is 29.5 Å². The minimum Gasteiger partial charge on any atom is -0.385 e. The van der Waals surface area contributed by atoms with E-state index in [-0.39, 0.29) is 17.4 Å². The van der Waals surface area contributed by atoms with Crippen LogP contribution in [0.15, 0.2) is 59.4 Å². The van der Waals surface area contributed by atoms with E-state index in [0.717, 1.165) is 36.2 Å². The molecule has 31 heavy (non-hydrogen) atoms. The molecule has 8 heteroatoms. The number of amides is 1. The van der Waals surface area contributed by atoms with Crippen molar-refractivity contribution < 1.29 is 4.79 Å². The molecule has 5 N–H and O–H groups in total. The Labute approximate surface area is 189 Å². The van der Waals surface area contributed by atoms with Gasteiger partial charge in [0.2, 0.25) is 11.9 Å². The van der Waals surface area contributed by atoms with Crippen molar-refractivity contribution in [3.63, 3.8) is 0 Å². The van der Waals surface area contributed by atoms with E-state index in [2.05, 4.69) is 36.5 Å². The van der Waals surface area contributed by atoms with Crippen LogP contribution in [-0.4, -0.2) is 34.3 Å². The van der Waals surface area contributed by atoms with Gasteiger partial charge in [0.1, 0.15) is 0 Å². The van der Waals surface area contributed by atoms with Crippen LogP contribution in [0.1, 0.15) is 17.5 Å². The molecule has 0 spiro atoms. The summed E-state index contributed by atoms with van der Waals surface area (Å²) >= 11 is 3.13. The van der Waals surface area contributed by atoms with Crippen molar-refractivity contribution in [1.29, 1.82) is 0 Å². The second kappa shape index (κ2) is 11.3. The first-order chi connectivity index (χ1) is 15.1. The van der Waals surface area contributed by atoms with E-state index in [1.165, 1.54) is 0 Å². The monoisotopic (exact) mass is 483 g/mol. The summed E-state index contributed by atoms with van der Waals surface area (Å²) in [7, 11) is 0. The number of hydrogen-bond donors (Lipinski definition) is 4. The molecule has 3 aromatic rings. The van der Waals surface area contributed by atoms with Gasteiger partial charge < -0.3 is 16.4 Å². The molecule has 1 heterocycles. The van der Waals surface area contributed by atoms with Gasteiger partial charge in [-0.3, -0.25) is 14.6 Å². The highest BCUT2D eigenvalue weighted by Crippen LogP contribution is 2.20. The Morgan fingerprint density at radius 1 is 1.03 bits per heavy atom. The lowest BCUT2D eigenvalue weighted by molar-refractivity contribution is -0.118. The highest BCUT2D eigenvalue weighted by atomic mass is 79.9. The van der Waals surface area contributed by atoms with Crippen LogP contribution in [0.5, 0.6) is 0 Å². The highest BCUT2D eigenvalue weighted by Gasteiger charge is 2.12. The first-order valence-electron chi connectivity index (χ1n) is 10.2. The van der Waals surface area contributed by atoms with Crippen LogP contribution in [0.3, 0.4) is 0 Å². The van der Waals surface area contributed by atoms with Crippen molar-refractivity contribution in [3.05, 3.63) is 76.1 Å². The predicted molar refractivity (Wildman–Crippen MR) is 128 cm³/mol. The number of nitrogens with zero attached hydrogens (tertiary/aromatic N) is 1. The number of hydrogen-bond acceptors (Lipinski definition) is 5. The Hall–Kier alpha value is -3.13. The molecule has 0 atom stereocenters. The third-order valence-corrected chi connectivity index (χ3v) is 5.33. The molecule has 0 saturated carbocycles. The minimum absolute atomic E-state index is 0.0103. The van der Waals surface area contributed by atoms with Crippen LogP contribution in [0.25, 0.3) is 11.3 Å². The largest absolute Gasteiger partial charge is 0.385 e. The van der Waals surface area contributed by atoms with Gasteiger partial charge in [-0.05, 0) is 37.0 Å². The van der Waals surface area contributed by atoms with Crippen molar-refractivity contribution in [2.24, 2.45) is 0 Å². The summed E-state index contributed by atoms with van der Waals surface area (Å²) in [6.07, 6.45) is 2.15. The quantitative estimate of drug-likeness (QED) is 0.261. The number of nitrogens with two attached hydrogens (primary N) is 1. The van der Waals surface area contributed by atoms with Crippen molar-refractivity contribution in [1.82, 2.24) is 15.3 Å². The molecule has 3 rings (SSSR count). The summed E-state index contributed by atoms with van der Waals surface area (Å²) in [5.74, 6) is 0.112. The lowest BCUT2D eigenvalue weighted by atomic mass is 10.0. The number of halogens is 1. The van der Waals surface area contributed by atoms with Gasteiger partial charge in [0, 0.05) is 29.9 Å². The molecule has 162 valence electrons. The zero-order valence-electron chi connectivity index (χ0n) is 17.2. The van der Waals surface area contributed by atoms with Crippen LogP contribution >= 0.6 is 15.9 Å². The molecule has 0 bridgehead atoms. The topological polar surface area (TPSA) is 113 Å². The van der Waals surface area contributed by atoms with Gasteiger partial charge in [-0.1, -0.05) is 58.4 Å². The Bertz CT molecular complexity index is 1050. The van der Waals surface area contributed by atoms with Crippen LogP contribution < -0.4 is 21.9 Å². The minimum atomic E-state index is -0.192. The van der Waals surface area contributed by atoms with Gasteiger partial charge in [-0.2, -0.15) is 0 Å². The van der Waals surface area contributed by atoms with E-state index in [4.69, 9.17) is 5.73 Å². The number of anilines is 2. The molecule has 0 fully saturated rings. The summed E-state index contributed by atoms with van der Waals surface area (Å²) in [5.41, 5.74) is 9.90. The van der Waals surface area contributed by atoms with Gasteiger partial charge in [-0.25, -0.2) is 4.98 Å². The van der Waals surface area contributed by atoms with E-state index < -0.39 is 0 Å². The zero-order chi connectivity index (χ0) is 22.1. The fourth-order valence-corrected chi connectivity index (χ4v) is 3.46. The summed E-state index contributed by atoms with van der Waals surface area (Å²) < 4.78 is 0. The molecule has 0 aliphatic carbocycles. The summed E-state index contributed by atoms with van der Waals surface area (Å²) in [5, 5.41) is 6.54. The Kier molecular flexibility index (Phi) is 8.23. The van der Waals surface area contributed by atoms with Crippen molar-refractivity contribution in [3.8, 4) is 11.3 Å². The van der Waals surface area contributed by atoms with Gasteiger partial charge in [-0.15, -0.1) is 0 Å². The Morgan fingerprint density at radius 3 is 2.48 bits per heavy atom. The van der Waals surface area contributed by atoms with E-state index >= 15 is 0 Å². The number of alkyl halides is 1. The first-order valence-corrected chi connectivity index (χ1v) is 11.3. The summed E-state index contributed by atoms with van der Waals surface area (Å²) in [4.78, 5) is 30.7. The smallest absolute Gasteiger partial charge is 0.256 e. The first kappa shape index (κ1) is 22.6. The van der Waals surface area contributed by atoms with Gasteiger partial charge >= 0.3 is 0 Å². The molecule has 1 aromatic heterocycles. The van der Waals surface area contributed by atoms with Crippen molar-refractivity contribution in [2.45, 2.75) is 19.3 Å². The molecule has 1 amide bonds. The summed E-state index contributed by atoms with van der Waals surface area (Å²) in [6, 6.07) is 17.7. The third-order valence-electron chi connectivity index (χ3n) is 4.82. The molecule has 7 nitrogen and oxygen atoms in total. The molecule has 0 unspecified atom stereocenters. The average molecular weight is 484 g/mol. The SMILES string of the molecule is Nc1nc(-c2ccccc2)c(CCCNc2ccc(CCNC(=O)CBr)cc2)c(=O)[nH]1. The normalized spacial score (nSPS) is 10.6. The molecule has 2 aromatic carbocycles. The van der Waals surface area contributed by atoms with Crippen LogP contribution in [0, 0.1) is 0 Å². The maximum atomic E-state index is 12.5. The predicted octanol–water partition coefficient (Wildman–Crippen LogP) is 3.12. The van der Waals surface area contributed by atoms with Crippen molar-refractivity contribution >= 4 is 33.5 Å². The fraction of sp³-hybridized carbons (Fsp3) is 0.261. The highest BCUT2D eigenvalue weighted by molar-refractivity contribution is 9.09. The second-order valence-electron chi connectivity index (χ2n) is 7.11. The van der Waals surface area contributed by atoms with E-state index in [9.17, 15) is 9.59 Å². The van der Waals surface area contributed by atoms with Crippen LogP contribution in [-0.2, 0) is 17.6 Å². The van der Waals surface area contributed by atoms with Gasteiger partial charge in [0.15, 0.2) is 0 Å². The number of nitrogens with one attached hydrogen (secondary N) is 3. The number of nitrogen functional groups attached to an aromatic ring is 1. The maximum absolute atomic E-state index is 12.5. The Balaban J connectivity index is 1.53. The molecule has 0 aliphatic rings. The molecule has 0 aliphatic heterocycles. The van der Waals surface area contributed by atoms with Gasteiger partial charge in [0.05, 0.1) is 11.0 Å². The third kappa shape index (κ3) is 6.68. The van der Waals surface area contributed by atoms with E-state index in [0.29, 0.717) is 29.6 Å². The number of aromatic nitrogens is 2. The zero-order valence-corrected chi connectivity index (χ0v) is 18.7. The average Bonchev–Trinajstić information content (AvgIpc) is 2.79. The van der Waals surface area contributed by atoms with Crippen LogP contribution in [0.4, 0.5) is 11.6 Å². The standard InChI is InChI=1S/C23H26BrN5O2/c24-15-20(30)27-14-12-16-8-10-18(11-9-16)26-13-4-7-19-21(17-5-2-1-3-6-17)28-23(25)29-22(19)31/h1-3,5-6,8-11,26H,4,7,12-15H2,(H,27,30)(H3,25,28,29,31). The molecular formula is C23H26BrN5O2. The number of benzene rings is 2. The fourth-order valence-electron chi connectivity index (χ4n) is 3.26. The lowest BCUT2D eigenvalue weighted by Crippen LogP contribution is -2.26. The number of carbonyl (C=O) groups is 1. The molecular weight excluding hydrogens is 458 g/mol. The van der Waals surface area contributed by atoms with Gasteiger partial charge in [0.25, 0.3) is 5.56 Å².